The standard InChI is InChI=1S/C7H10ClN3O/c1-9-4-6(12)5-3-10-7(8)11(5)2/h3,9H,4H2,1-2H3. The number of carbonyl (C=O) groups is 1. The molecule has 0 radical (unpaired) electrons. The number of ketones is 1. The van der Waals surface area contributed by atoms with Crippen LogP contribution in [0.1, 0.15) is 10.5 Å². The minimum atomic E-state index is -0.0144. The number of Topliss-reactive ketones (excluding diaryl/α,β-unsaturated/α-hetero) is 1. The Balaban J connectivity index is 2.88. The summed E-state index contributed by atoms with van der Waals surface area (Å²) < 4.78 is 1.56. The van der Waals surface area contributed by atoms with E-state index in [1.54, 1.807) is 18.7 Å². The summed E-state index contributed by atoms with van der Waals surface area (Å²) in [5, 5.41) is 3.10. The maximum absolute atomic E-state index is 11.3. The Kier molecular flexibility index (Phi) is 2.83. The molecule has 0 unspecified atom stereocenters. The van der Waals surface area contributed by atoms with Crippen LogP contribution in [0.25, 0.3) is 0 Å². The van der Waals surface area contributed by atoms with E-state index in [1.165, 1.54) is 6.20 Å². The van der Waals surface area contributed by atoms with Crippen molar-refractivity contribution in [2.45, 2.75) is 0 Å². The second kappa shape index (κ2) is 3.69. The van der Waals surface area contributed by atoms with Gasteiger partial charge in [-0.15, -0.1) is 0 Å². The highest BCUT2D eigenvalue weighted by molar-refractivity contribution is 6.28. The lowest BCUT2D eigenvalue weighted by Crippen LogP contribution is -2.20. The van der Waals surface area contributed by atoms with Crippen LogP contribution in [0.4, 0.5) is 0 Å². The van der Waals surface area contributed by atoms with Crippen LogP contribution < -0.4 is 5.32 Å². The summed E-state index contributed by atoms with van der Waals surface area (Å²) in [6.45, 7) is 0.301. The number of hydrogen-bond acceptors (Lipinski definition) is 3. The Morgan fingerprint density at radius 2 is 2.50 bits per heavy atom. The van der Waals surface area contributed by atoms with Crippen LogP contribution in [0, 0.1) is 0 Å². The molecule has 0 amide bonds. The molecule has 0 aliphatic rings. The quantitative estimate of drug-likeness (QED) is 0.701. The number of imidazole rings is 1. The van der Waals surface area contributed by atoms with E-state index in [0.717, 1.165) is 0 Å². The summed E-state index contributed by atoms with van der Waals surface area (Å²) in [7, 11) is 3.42. The molecule has 0 saturated carbocycles. The van der Waals surface area contributed by atoms with Crippen molar-refractivity contribution in [3.05, 3.63) is 17.2 Å². The van der Waals surface area contributed by atoms with Gasteiger partial charge in [0.25, 0.3) is 0 Å². The Morgan fingerprint density at radius 3 is 2.92 bits per heavy atom. The first-order valence-electron chi connectivity index (χ1n) is 3.52. The van der Waals surface area contributed by atoms with E-state index in [9.17, 15) is 4.79 Å². The van der Waals surface area contributed by atoms with Crippen LogP contribution in [0.2, 0.25) is 5.28 Å². The Bertz CT molecular complexity index is 295. The van der Waals surface area contributed by atoms with Gasteiger partial charge in [0, 0.05) is 7.05 Å². The fourth-order valence-corrected chi connectivity index (χ4v) is 1.04. The van der Waals surface area contributed by atoms with Gasteiger partial charge in [0.2, 0.25) is 5.28 Å². The van der Waals surface area contributed by atoms with E-state index >= 15 is 0 Å². The molecule has 1 rings (SSSR count). The predicted molar refractivity (Wildman–Crippen MR) is 46.5 cm³/mol. The van der Waals surface area contributed by atoms with Crippen LogP contribution in [0.5, 0.6) is 0 Å². The van der Waals surface area contributed by atoms with Crippen molar-refractivity contribution in [3.63, 3.8) is 0 Å². The zero-order chi connectivity index (χ0) is 9.14. The van der Waals surface area contributed by atoms with Crippen molar-refractivity contribution < 1.29 is 4.79 Å². The van der Waals surface area contributed by atoms with Crippen molar-refractivity contribution in [2.24, 2.45) is 7.05 Å². The van der Waals surface area contributed by atoms with Gasteiger partial charge in [-0.2, -0.15) is 0 Å². The Hall–Kier alpha value is -0.870. The van der Waals surface area contributed by atoms with Gasteiger partial charge in [-0.05, 0) is 18.6 Å². The normalized spacial score (nSPS) is 10.2. The average molecular weight is 188 g/mol. The molecule has 0 aliphatic heterocycles. The number of hydrogen-bond donors (Lipinski definition) is 1. The summed E-state index contributed by atoms with van der Waals surface area (Å²) in [5.41, 5.74) is 0.523. The molecule has 1 aromatic heterocycles. The van der Waals surface area contributed by atoms with Crippen molar-refractivity contribution >= 4 is 17.4 Å². The zero-order valence-corrected chi connectivity index (χ0v) is 7.72. The molecule has 0 bridgehead atoms. The van der Waals surface area contributed by atoms with Gasteiger partial charge < -0.3 is 9.88 Å². The van der Waals surface area contributed by atoms with Gasteiger partial charge in [-0.1, -0.05) is 0 Å². The molecule has 12 heavy (non-hydrogen) atoms. The molecule has 5 heteroatoms. The molecular formula is C7H10ClN3O. The van der Waals surface area contributed by atoms with Gasteiger partial charge in [0.05, 0.1) is 12.7 Å². The monoisotopic (exact) mass is 187 g/mol. The van der Waals surface area contributed by atoms with Gasteiger partial charge in [-0.25, -0.2) is 4.98 Å². The summed E-state index contributed by atoms with van der Waals surface area (Å²) >= 11 is 5.65. The Morgan fingerprint density at radius 1 is 1.83 bits per heavy atom. The topological polar surface area (TPSA) is 46.9 Å². The number of rotatable bonds is 3. The van der Waals surface area contributed by atoms with E-state index in [1.807, 2.05) is 0 Å². The number of likely N-dealkylation sites (N-methyl/N-ethyl adjacent to an activating group) is 1. The zero-order valence-electron chi connectivity index (χ0n) is 6.97. The van der Waals surface area contributed by atoms with Crippen molar-refractivity contribution in [2.75, 3.05) is 13.6 Å². The second-order valence-corrected chi connectivity index (χ2v) is 2.76. The molecule has 66 valence electrons. The number of halogens is 1. The van der Waals surface area contributed by atoms with Gasteiger partial charge >= 0.3 is 0 Å². The minimum absolute atomic E-state index is 0.0144. The Labute approximate surface area is 75.5 Å². The maximum atomic E-state index is 11.3. The molecule has 0 aromatic carbocycles. The van der Waals surface area contributed by atoms with Crippen LogP contribution in [-0.2, 0) is 7.05 Å². The summed E-state index contributed by atoms with van der Waals surface area (Å²) in [6.07, 6.45) is 1.47. The summed E-state index contributed by atoms with van der Waals surface area (Å²) in [4.78, 5) is 15.1. The van der Waals surface area contributed by atoms with E-state index in [0.29, 0.717) is 17.5 Å². The molecule has 4 nitrogen and oxygen atoms in total. The number of nitrogens with one attached hydrogen (secondary N) is 1. The van der Waals surface area contributed by atoms with E-state index < -0.39 is 0 Å². The third-order valence-corrected chi connectivity index (χ3v) is 1.91. The molecule has 1 heterocycles. The maximum Gasteiger partial charge on any atom is 0.202 e. The first-order chi connectivity index (χ1) is 5.66. The molecule has 0 saturated heterocycles. The SMILES string of the molecule is CNCC(=O)c1cnc(Cl)n1C. The smallest absolute Gasteiger partial charge is 0.202 e. The lowest BCUT2D eigenvalue weighted by atomic mass is 10.3. The molecule has 0 fully saturated rings. The van der Waals surface area contributed by atoms with Gasteiger partial charge in [-0.3, -0.25) is 4.79 Å². The number of nitrogens with zero attached hydrogens (tertiary/aromatic N) is 2. The second-order valence-electron chi connectivity index (χ2n) is 2.42. The van der Waals surface area contributed by atoms with Crippen LogP contribution in [0.3, 0.4) is 0 Å². The third-order valence-electron chi connectivity index (χ3n) is 1.55. The fraction of sp³-hybridized carbons (Fsp3) is 0.429. The molecule has 0 aliphatic carbocycles. The van der Waals surface area contributed by atoms with E-state index in [2.05, 4.69) is 10.3 Å². The van der Waals surface area contributed by atoms with Crippen molar-refractivity contribution in [3.8, 4) is 0 Å². The molecular weight excluding hydrogens is 178 g/mol. The largest absolute Gasteiger partial charge is 0.315 e. The first-order valence-corrected chi connectivity index (χ1v) is 3.89. The minimum Gasteiger partial charge on any atom is -0.315 e. The highest BCUT2D eigenvalue weighted by Gasteiger charge is 2.11. The first kappa shape index (κ1) is 9.22. The highest BCUT2D eigenvalue weighted by atomic mass is 35.5. The molecule has 1 aromatic rings. The van der Waals surface area contributed by atoms with Gasteiger partial charge in [0.15, 0.2) is 5.78 Å². The lowest BCUT2D eigenvalue weighted by Gasteiger charge is -2.00. The predicted octanol–water partition coefficient (Wildman–Crippen LogP) is 0.476. The number of aromatic nitrogens is 2. The lowest BCUT2D eigenvalue weighted by molar-refractivity contribution is 0.0986. The van der Waals surface area contributed by atoms with E-state index in [4.69, 9.17) is 11.6 Å². The highest BCUT2D eigenvalue weighted by Crippen LogP contribution is 2.08. The fourth-order valence-electron chi connectivity index (χ4n) is 0.897. The van der Waals surface area contributed by atoms with Gasteiger partial charge in [0.1, 0.15) is 5.69 Å². The molecule has 0 spiro atoms. The average Bonchev–Trinajstić information content (AvgIpc) is 2.34. The van der Waals surface area contributed by atoms with Crippen LogP contribution in [-0.4, -0.2) is 28.9 Å². The van der Waals surface area contributed by atoms with Crippen LogP contribution >= 0.6 is 11.6 Å². The summed E-state index contributed by atoms with van der Waals surface area (Å²) in [6, 6.07) is 0. The third kappa shape index (κ3) is 1.65. The molecule has 1 N–H and O–H groups in total. The summed E-state index contributed by atoms with van der Waals surface area (Å²) in [5.74, 6) is -0.0144. The number of carbonyl (C=O) groups excluding carboxylic acids is 1. The van der Waals surface area contributed by atoms with Crippen molar-refractivity contribution in [1.82, 2.24) is 14.9 Å². The van der Waals surface area contributed by atoms with E-state index in [-0.39, 0.29) is 5.78 Å². The van der Waals surface area contributed by atoms with Crippen molar-refractivity contribution in [1.29, 1.82) is 0 Å². The van der Waals surface area contributed by atoms with Crippen LogP contribution in [0.15, 0.2) is 6.20 Å². The molecule has 0 atom stereocenters.